The molecule has 4 rings (SSSR count). The second-order valence-electron chi connectivity index (χ2n) is 6.35. The third-order valence-electron chi connectivity index (χ3n) is 4.65. The lowest BCUT2D eigenvalue weighted by molar-refractivity contribution is -0.127. The number of rotatable bonds is 3. The molecule has 1 aromatic carbocycles. The molecule has 6 nitrogen and oxygen atoms in total. The van der Waals surface area contributed by atoms with Gasteiger partial charge in [0.25, 0.3) is 5.91 Å². The summed E-state index contributed by atoms with van der Waals surface area (Å²) in [6.45, 7) is 1.79. The van der Waals surface area contributed by atoms with Crippen LogP contribution in [0.2, 0.25) is 0 Å². The van der Waals surface area contributed by atoms with E-state index in [4.69, 9.17) is 14.2 Å². The second-order valence-corrected chi connectivity index (χ2v) is 7.46. The minimum absolute atomic E-state index is 0.336. The number of amides is 1. The summed E-state index contributed by atoms with van der Waals surface area (Å²) in [6, 6.07) is 7.25. The maximum Gasteiger partial charge on any atom is 0.341 e. The molecule has 0 saturated heterocycles. The van der Waals surface area contributed by atoms with Gasteiger partial charge in [0.05, 0.1) is 12.7 Å². The Morgan fingerprint density at radius 1 is 1.19 bits per heavy atom. The van der Waals surface area contributed by atoms with Crippen molar-refractivity contribution in [2.24, 2.45) is 0 Å². The van der Waals surface area contributed by atoms with Gasteiger partial charge in [-0.25, -0.2) is 4.79 Å². The van der Waals surface area contributed by atoms with E-state index in [-0.39, 0.29) is 5.91 Å². The predicted octanol–water partition coefficient (Wildman–Crippen LogP) is 3.19. The number of thiophene rings is 1. The van der Waals surface area contributed by atoms with Crippen LogP contribution in [0.3, 0.4) is 0 Å². The highest BCUT2D eigenvalue weighted by molar-refractivity contribution is 7.17. The number of ether oxygens (including phenoxy) is 3. The van der Waals surface area contributed by atoms with Crippen molar-refractivity contribution in [3.63, 3.8) is 0 Å². The Labute approximate surface area is 155 Å². The monoisotopic (exact) mass is 373 g/mol. The number of para-hydroxylation sites is 2. The number of hydrogen-bond acceptors (Lipinski definition) is 6. The van der Waals surface area contributed by atoms with Crippen LogP contribution in [0.4, 0.5) is 5.00 Å². The minimum atomic E-state index is -0.799. The molecule has 0 fully saturated rings. The zero-order chi connectivity index (χ0) is 18.3. The highest BCUT2D eigenvalue weighted by Gasteiger charge is 2.36. The molecular weight excluding hydrogens is 354 g/mol. The average molecular weight is 373 g/mol. The molecule has 7 heteroatoms. The van der Waals surface area contributed by atoms with Crippen LogP contribution in [0, 0.1) is 0 Å². The van der Waals surface area contributed by atoms with Gasteiger partial charge in [-0.15, -0.1) is 11.3 Å². The van der Waals surface area contributed by atoms with Crippen molar-refractivity contribution >= 4 is 28.2 Å². The van der Waals surface area contributed by atoms with Crippen molar-refractivity contribution in [2.45, 2.75) is 38.4 Å². The van der Waals surface area contributed by atoms with E-state index >= 15 is 0 Å². The van der Waals surface area contributed by atoms with Crippen molar-refractivity contribution in [3.8, 4) is 11.5 Å². The van der Waals surface area contributed by atoms with Crippen LogP contribution in [0.15, 0.2) is 24.3 Å². The van der Waals surface area contributed by atoms with Gasteiger partial charge >= 0.3 is 5.97 Å². The van der Waals surface area contributed by atoms with E-state index < -0.39 is 18.2 Å². The highest BCUT2D eigenvalue weighted by atomic mass is 32.1. The molecule has 0 radical (unpaired) electrons. The molecule has 136 valence electrons. The van der Waals surface area contributed by atoms with Gasteiger partial charge in [0, 0.05) is 4.88 Å². The fraction of sp³-hybridized carbons (Fsp3) is 0.368. The number of benzene rings is 1. The van der Waals surface area contributed by atoms with Crippen LogP contribution in [0.5, 0.6) is 11.5 Å². The second kappa shape index (κ2) is 6.64. The molecule has 1 aliphatic heterocycles. The maximum absolute atomic E-state index is 12.8. The summed E-state index contributed by atoms with van der Waals surface area (Å²) >= 11 is 1.44. The number of carbonyl (C=O) groups is 2. The van der Waals surface area contributed by atoms with Crippen LogP contribution in [0.1, 0.15) is 34.1 Å². The summed E-state index contributed by atoms with van der Waals surface area (Å²) in [5.41, 5.74) is 1.47. The summed E-state index contributed by atoms with van der Waals surface area (Å²) in [5, 5.41) is 3.39. The summed E-state index contributed by atoms with van der Waals surface area (Å²) in [7, 11) is 1.35. The third kappa shape index (κ3) is 2.82. The van der Waals surface area contributed by atoms with E-state index in [0.29, 0.717) is 22.1 Å². The highest BCUT2D eigenvalue weighted by Crippen LogP contribution is 2.40. The summed E-state index contributed by atoms with van der Waals surface area (Å²) in [5.74, 6) is 0.401. The van der Waals surface area contributed by atoms with Gasteiger partial charge in [0.2, 0.25) is 6.10 Å². The van der Waals surface area contributed by atoms with E-state index in [1.165, 1.54) is 18.4 Å². The Hall–Kier alpha value is -2.54. The predicted molar refractivity (Wildman–Crippen MR) is 97.3 cm³/mol. The molecular formula is C19H19NO5S. The smallest absolute Gasteiger partial charge is 0.341 e. The molecule has 0 unspecified atom stereocenters. The van der Waals surface area contributed by atoms with E-state index in [9.17, 15) is 9.59 Å². The molecule has 0 bridgehead atoms. The number of nitrogens with one attached hydrogen (secondary N) is 1. The quantitative estimate of drug-likeness (QED) is 0.837. The Morgan fingerprint density at radius 3 is 2.65 bits per heavy atom. The van der Waals surface area contributed by atoms with Gasteiger partial charge in [0.15, 0.2) is 11.5 Å². The van der Waals surface area contributed by atoms with E-state index in [1.54, 1.807) is 19.1 Å². The first-order chi connectivity index (χ1) is 12.6. The number of esters is 1. The van der Waals surface area contributed by atoms with Gasteiger partial charge in [-0.05, 0) is 43.9 Å². The molecule has 1 N–H and O–H groups in total. The summed E-state index contributed by atoms with van der Waals surface area (Å²) in [6.07, 6.45) is 1.53. The van der Waals surface area contributed by atoms with Crippen molar-refractivity contribution < 1.29 is 23.8 Å². The van der Waals surface area contributed by atoms with Crippen LogP contribution < -0.4 is 14.8 Å². The fourth-order valence-electron chi connectivity index (χ4n) is 3.40. The first-order valence-electron chi connectivity index (χ1n) is 8.54. The molecule has 26 heavy (non-hydrogen) atoms. The number of aryl methyl sites for hydroxylation is 1. The fourth-order valence-corrected chi connectivity index (χ4v) is 4.68. The zero-order valence-corrected chi connectivity index (χ0v) is 15.4. The average Bonchev–Trinajstić information content (AvgIpc) is 3.21. The number of anilines is 1. The first-order valence-corrected chi connectivity index (χ1v) is 9.36. The number of carbonyl (C=O) groups excluding carboxylic acids is 2. The lowest BCUT2D eigenvalue weighted by Gasteiger charge is -2.30. The standard InChI is InChI=1S/C19H19NO5S/c1-10-16(25-13-8-4-3-7-12(13)24-10)17(21)20-18-15(19(22)23-2)11-6-5-9-14(11)26-18/h3-4,7-8,10,16H,5-6,9H2,1-2H3,(H,20,21)/t10-,16-/m0/s1. The normalized spacial score (nSPS) is 20.4. The first kappa shape index (κ1) is 16.9. The Bertz CT molecular complexity index is 875. The molecule has 2 atom stereocenters. The molecule has 0 spiro atoms. The molecule has 2 aromatic rings. The van der Waals surface area contributed by atoms with Gasteiger partial charge in [0.1, 0.15) is 11.1 Å². The largest absolute Gasteiger partial charge is 0.482 e. The lowest BCUT2D eigenvalue weighted by atomic mass is 10.1. The van der Waals surface area contributed by atoms with E-state index in [0.717, 1.165) is 29.7 Å². The minimum Gasteiger partial charge on any atom is -0.482 e. The molecule has 1 amide bonds. The molecule has 2 heterocycles. The lowest BCUT2D eigenvalue weighted by Crippen LogP contribution is -2.46. The van der Waals surface area contributed by atoms with Gasteiger partial charge in [-0.2, -0.15) is 0 Å². The molecule has 1 aliphatic carbocycles. The molecule has 2 aliphatic rings. The van der Waals surface area contributed by atoms with Crippen LogP contribution >= 0.6 is 11.3 Å². The molecule has 0 saturated carbocycles. The number of hydrogen-bond donors (Lipinski definition) is 1. The number of fused-ring (bicyclic) bond motifs is 2. The zero-order valence-electron chi connectivity index (χ0n) is 14.5. The van der Waals surface area contributed by atoms with Gasteiger partial charge in [-0.1, -0.05) is 12.1 Å². The summed E-state index contributed by atoms with van der Waals surface area (Å²) in [4.78, 5) is 26.2. The van der Waals surface area contributed by atoms with Crippen molar-refractivity contribution in [1.29, 1.82) is 0 Å². The Morgan fingerprint density at radius 2 is 1.92 bits per heavy atom. The van der Waals surface area contributed by atoms with Crippen molar-refractivity contribution in [1.82, 2.24) is 0 Å². The summed E-state index contributed by atoms with van der Waals surface area (Å²) < 4.78 is 16.5. The van der Waals surface area contributed by atoms with E-state index in [2.05, 4.69) is 5.32 Å². The SMILES string of the molecule is COC(=O)c1c(NC(=O)[C@H]2Oc3ccccc3O[C@H]2C)sc2c1CCC2. The number of methoxy groups -OCH3 is 1. The van der Waals surface area contributed by atoms with Crippen molar-refractivity contribution in [3.05, 3.63) is 40.3 Å². The Balaban J connectivity index is 1.59. The van der Waals surface area contributed by atoms with Gasteiger partial charge < -0.3 is 19.5 Å². The maximum atomic E-state index is 12.8. The third-order valence-corrected chi connectivity index (χ3v) is 5.86. The van der Waals surface area contributed by atoms with Gasteiger partial charge in [-0.3, -0.25) is 4.79 Å². The Kier molecular flexibility index (Phi) is 4.32. The van der Waals surface area contributed by atoms with Crippen LogP contribution in [0.25, 0.3) is 0 Å². The van der Waals surface area contributed by atoms with Crippen molar-refractivity contribution in [2.75, 3.05) is 12.4 Å². The van der Waals surface area contributed by atoms with E-state index in [1.807, 2.05) is 12.1 Å². The van der Waals surface area contributed by atoms with Crippen LogP contribution in [-0.4, -0.2) is 31.2 Å². The topological polar surface area (TPSA) is 73.9 Å². The van der Waals surface area contributed by atoms with Crippen LogP contribution in [-0.2, 0) is 22.4 Å². The molecule has 1 aromatic heterocycles.